The van der Waals surface area contributed by atoms with Crippen molar-refractivity contribution in [2.75, 3.05) is 20.3 Å². The lowest BCUT2D eigenvalue weighted by molar-refractivity contribution is -0.381. The van der Waals surface area contributed by atoms with Crippen molar-refractivity contribution in [3.8, 4) is 0 Å². The number of rotatable bonds is 9. The minimum Gasteiger partial charge on any atom is -0.432 e. The number of fused-ring (bicyclic) bond motifs is 7. The highest BCUT2D eigenvalue weighted by Crippen LogP contribution is 2.76. The summed E-state index contributed by atoms with van der Waals surface area (Å²) < 4.78 is 41.8. The molecule has 0 aromatic rings. The highest BCUT2D eigenvalue weighted by molar-refractivity contribution is 5.79. The number of aliphatic hydroxyl groups excluding tert-OH is 10. The van der Waals surface area contributed by atoms with Crippen LogP contribution in [-0.4, -0.2) is 182 Å². The van der Waals surface area contributed by atoms with E-state index >= 15 is 0 Å². The summed E-state index contributed by atoms with van der Waals surface area (Å²) in [5.74, 6) is -0.541. The lowest BCUT2D eigenvalue weighted by Crippen LogP contribution is -2.69. The van der Waals surface area contributed by atoms with Crippen molar-refractivity contribution in [2.45, 2.75) is 218 Å². The highest BCUT2D eigenvalue weighted by Gasteiger charge is 2.71. The van der Waals surface area contributed by atoms with Crippen molar-refractivity contribution >= 4 is 5.97 Å². The fourth-order valence-corrected chi connectivity index (χ4v) is 15.3. The molecule has 24 atom stereocenters. The van der Waals surface area contributed by atoms with Crippen LogP contribution in [0.25, 0.3) is 0 Å². The quantitative estimate of drug-likeness (QED) is 0.0869. The number of carbonyl (C=O) groups excluding carboxylic acids is 1. The van der Waals surface area contributed by atoms with Crippen molar-refractivity contribution in [2.24, 2.45) is 50.2 Å². The molecule has 8 aliphatic rings. The second kappa shape index (κ2) is 18.3. The van der Waals surface area contributed by atoms with Crippen LogP contribution in [0.3, 0.4) is 0 Å². The summed E-state index contributed by atoms with van der Waals surface area (Å²) in [7, 11) is 1.43. The van der Waals surface area contributed by atoms with E-state index in [-0.39, 0.29) is 40.6 Å². The van der Waals surface area contributed by atoms with Gasteiger partial charge in [0.15, 0.2) is 12.6 Å². The Labute approximate surface area is 393 Å². The molecule has 0 aromatic carbocycles. The summed E-state index contributed by atoms with van der Waals surface area (Å²) in [5.41, 5.74) is -1.44. The molecular formula is C49H80O18. The summed E-state index contributed by atoms with van der Waals surface area (Å²) in [6.07, 6.45) is -15.4. The molecule has 3 saturated heterocycles. The van der Waals surface area contributed by atoms with E-state index in [0.717, 1.165) is 25.7 Å². The topological polar surface area (TPSA) is 284 Å². The number of methoxy groups -OCH3 is 1. The molecule has 18 heteroatoms. The van der Waals surface area contributed by atoms with Crippen LogP contribution in [0, 0.1) is 50.2 Å². The van der Waals surface area contributed by atoms with Crippen LogP contribution >= 0.6 is 0 Å². The predicted molar refractivity (Wildman–Crippen MR) is 235 cm³/mol. The standard InChI is InChI=1S/C49H80O18/c1-22-30(52)33(55)36(58)40(62-22)65-38-35(57)32(54)27(21-61-9)64-42(38)66-39-25(51)19-46(6)28(45(39,4)5)12-13-48(8)29(46)11-10-23-24-18-44(2,3)14-16-49(24,17-15-47(23,48)7)43(60)67-41-37(59)34(56)31(53)26(20-50)63-41/h10,22,24-42,50-59H,11-21H2,1-9H3. The maximum absolute atomic E-state index is 14.7. The minimum absolute atomic E-state index is 0.0315. The van der Waals surface area contributed by atoms with Crippen LogP contribution in [0.1, 0.15) is 113 Å². The van der Waals surface area contributed by atoms with Gasteiger partial charge in [-0.05, 0) is 110 Å². The normalized spacial score (nSPS) is 53.8. The maximum Gasteiger partial charge on any atom is 0.315 e. The largest absolute Gasteiger partial charge is 0.432 e. The Morgan fingerprint density at radius 1 is 0.687 bits per heavy atom. The SMILES string of the molecule is COCC1OC(OC2C(O)CC3(C)C(CCC4(C)C3CC=C3C5CC(C)(C)CCC5(C(=O)OC5OC(CO)C(O)C(O)C5O)CCC34C)C2(C)C)C(OC2OC(C)C(O)C(O)C2O)C(O)C1O. The molecule has 3 aliphatic heterocycles. The third-order valence-corrected chi connectivity index (χ3v) is 19.4. The van der Waals surface area contributed by atoms with Gasteiger partial charge in [0, 0.05) is 7.11 Å². The third kappa shape index (κ3) is 8.20. The summed E-state index contributed by atoms with van der Waals surface area (Å²) >= 11 is 0. The molecule has 0 amide bonds. The maximum atomic E-state index is 14.7. The van der Waals surface area contributed by atoms with E-state index in [1.54, 1.807) is 0 Å². The molecule has 67 heavy (non-hydrogen) atoms. The Balaban J connectivity index is 1.06. The Morgan fingerprint density at radius 2 is 1.31 bits per heavy atom. The van der Waals surface area contributed by atoms with Gasteiger partial charge in [0.25, 0.3) is 0 Å². The van der Waals surface area contributed by atoms with E-state index in [4.69, 9.17) is 33.2 Å². The molecule has 18 nitrogen and oxygen atoms in total. The van der Waals surface area contributed by atoms with Gasteiger partial charge in [-0.15, -0.1) is 0 Å². The molecule has 0 aromatic heterocycles. The number of allylic oxidation sites excluding steroid dienone is 2. The predicted octanol–water partition coefficient (Wildman–Crippen LogP) is 0.793. The molecule has 0 bridgehead atoms. The van der Waals surface area contributed by atoms with Crippen molar-refractivity contribution in [3.05, 3.63) is 11.6 Å². The van der Waals surface area contributed by atoms with Gasteiger partial charge in [-0.2, -0.15) is 0 Å². The van der Waals surface area contributed by atoms with Gasteiger partial charge < -0.3 is 84.2 Å². The fraction of sp³-hybridized carbons (Fsp3) is 0.939. The van der Waals surface area contributed by atoms with Crippen LogP contribution in [0.15, 0.2) is 11.6 Å². The molecule has 10 N–H and O–H groups in total. The zero-order valence-electron chi connectivity index (χ0n) is 40.6. The van der Waals surface area contributed by atoms with Gasteiger partial charge in [0.2, 0.25) is 6.29 Å². The summed E-state index contributed by atoms with van der Waals surface area (Å²) in [5, 5.41) is 108. The summed E-state index contributed by atoms with van der Waals surface area (Å²) in [6.45, 7) is 16.4. The first-order valence-corrected chi connectivity index (χ1v) is 24.6. The average molecular weight is 957 g/mol. The molecular weight excluding hydrogens is 877 g/mol. The second-order valence-corrected chi connectivity index (χ2v) is 23.9. The Bertz CT molecular complexity index is 1830. The summed E-state index contributed by atoms with van der Waals surface area (Å²) in [4.78, 5) is 14.7. The first kappa shape index (κ1) is 51.9. The zero-order valence-corrected chi connectivity index (χ0v) is 40.6. The molecule has 8 rings (SSSR count). The van der Waals surface area contributed by atoms with Gasteiger partial charge in [0.1, 0.15) is 67.1 Å². The van der Waals surface area contributed by atoms with Crippen molar-refractivity contribution in [1.82, 2.24) is 0 Å². The number of hydrogen-bond acceptors (Lipinski definition) is 18. The van der Waals surface area contributed by atoms with E-state index in [1.165, 1.54) is 19.6 Å². The third-order valence-electron chi connectivity index (χ3n) is 19.4. The molecule has 384 valence electrons. The van der Waals surface area contributed by atoms with Gasteiger partial charge in [-0.1, -0.05) is 60.1 Å². The van der Waals surface area contributed by atoms with Gasteiger partial charge in [-0.25, -0.2) is 0 Å². The van der Waals surface area contributed by atoms with Crippen LogP contribution in [0.2, 0.25) is 0 Å². The van der Waals surface area contributed by atoms with E-state index in [2.05, 4.69) is 54.5 Å². The molecule has 24 unspecified atom stereocenters. The molecule has 5 aliphatic carbocycles. The van der Waals surface area contributed by atoms with Crippen LogP contribution in [0.5, 0.6) is 0 Å². The van der Waals surface area contributed by atoms with Gasteiger partial charge in [0.05, 0.1) is 36.9 Å². The number of esters is 1. The minimum atomic E-state index is -1.70. The van der Waals surface area contributed by atoms with E-state index in [1.807, 2.05) is 0 Å². The lowest BCUT2D eigenvalue weighted by Gasteiger charge is -2.71. The fourth-order valence-electron chi connectivity index (χ4n) is 15.3. The molecule has 3 heterocycles. The van der Waals surface area contributed by atoms with E-state index in [0.29, 0.717) is 32.1 Å². The van der Waals surface area contributed by atoms with Gasteiger partial charge >= 0.3 is 5.97 Å². The van der Waals surface area contributed by atoms with Crippen LogP contribution in [0.4, 0.5) is 0 Å². The lowest BCUT2D eigenvalue weighted by atomic mass is 9.33. The smallest absolute Gasteiger partial charge is 0.315 e. The van der Waals surface area contributed by atoms with Crippen LogP contribution < -0.4 is 0 Å². The number of ether oxygens (including phenoxy) is 7. The Hall–Kier alpha value is -1.43. The highest BCUT2D eigenvalue weighted by atomic mass is 16.8. The Kier molecular flexibility index (Phi) is 14.1. The Morgan fingerprint density at radius 3 is 1.99 bits per heavy atom. The molecule has 0 radical (unpaired) electrons. The average Bonchev–Trinajstić information content (AvgIpc) is 3.26. The zero-order chi connectivity index (χ0) is 49.1. The van der Waals surface area contributed by atoms with Crippen molar-refractivity contribution < 1.29 is 89.0 Å². The van der Waals surface area contributed by atoms with E-state index < -0.39 is 133 Å². The number of aliphatic hydroxyl groups is 10. The first-order chi connectivity index (χ1) is 31.2. The number of carbonyl (C=O) groups is 1. The van der Waals surface area contributed by atoms with Crippen molar-refractivity contribution in [3.63, 3.8) is 0 Å². The van der Waals surface area contributed by atoms with Crippen LogP contribution in [-0.2, 0) is 38.0 Å². The van der Waals surface area contributed by atoms with E-state index in [9.17, 15) is 55.9 Å². The van der Waals surface area contributed by atoms with Gasteiger partial charge in [-0.3, -0.25) is 4.79 Å². The van der Waals surface area contributed by atoms with Crippen molar-refractivity contribution in [1.29, 1.82) is 0 Å². The monoisotopic (exact) mass is 957 g/mol. The number of hydrogen-bond donors (Lipinski definition) is 10. The molecule has 0 spiro atoms. The molecule has 7 fully saturated rings. The summed E-state index contributed by atoms with van der Waals surface area (Å²) in [6, 6.07) is 0. The second-order valence-electron chi connectivity index (χ2n) is 23.9. The molecule has 4 saturated carbocycles. The first-order valence-electron chi connectivity index (χ1n) is 24.6.